The zero-order valence-electron chi connectivity index (χ0n) is 12.9. The Balaban J connectivity index is 1.90. The highest BCUT2D eigenvalue weighted by Crippen LogP contribution is 2.13. The second kappa shape index (κ2) is 6.26. The molecular formula is C17H17FN4O. The molecule has 1 aromatic carbocycles. The largest absolute Gasteiger partial charge is 0.387 e. The van der Waals surface area contributed by atoms with E-state index in [1.165, 1.54) is 12.1 Å². The number of rotatable bonds is 4. The summed E-state index contributed by atoms with van der Waals surface area (Å²) < 4.78 is 14.5. The molecule has 0 aliphatic rings. The second-order valence-electron chi connectivity index (χ2n) is 5.47. The lowest BCUT2D eigenvalue weighted by atomic mass is 10.1. The van der Waals surface area contributed by atoms with Crippen molar-refractivity contribution < 1.29 is 9.50 Å². The molecule has 0 aliphatic carbocycles. The molecule has 0 saturated carbocycles. The van der Waals surface area contributed by atoms with Gasteiger partial charge in [-0.05, 0) is 43.7 Å². The topological polar surface area (TPSA) is 63.8 Å². The average Bonchev–Trinajstić information content (AvgIpc) is 2.99. The van der Waals surface area contributed by atoms with Gasteiger partial charge in [0.25, 0.3) is 5.95 Å². The molecule has 5 nitrogen and oxygen atoms in total. The van der Waals surface area contributed by atoms with Crippen LogP contribution in [0.4, 0.5) is 4.39 Å². The normalized spacial score (nSPS) is 12.3. The Morgan fingerprint density at radius 2 is 1.91 bits per heavy atom. The quantitative estimate of drug-likeness (QED) is 0.804. The molecule has 0 aliphatic heterocycles. The van der Waals surface area contributed by atoms with Gasteiger partial charge in [-0.15, -0.1) is 0 Å². The highest BCUT2D eigenvalue weighted by molar-refractivity contribution is 5.26. The highest BCUT2D eigenvalue weighted by atomic mass is 19.1. The van der Waals surface area contributed by atoms with Gasteiger partial charge in [-0.2, -0.15) is 5.10 Å². The van der Waals surface area contributed by atoms with E-state index in [0.29, 0.717) is 18.1 Å². The van der Waals surface area contributed by atoms with Crippen LogP contribution in [0.25, 0.3) is 5.95 Å². The van der Waals surface area contributed by atoms with E-state index in [1.54, 1.807) is 36.0 Å². The molecule has 0 saturated heterocycles. The van der Waals surface area contributed by atoms with Crippen LogP contribution < -0.4 is 0 Å². The van der Waals surface area contributed by atoms with Gasteiger partial charge in [-0.3, -0.25) is 0 Å². The molecule has 2 aromatic heterocycles. The molecule has 1 atom stereocenters. The van der Waals surface area contributed by atoms with Crippen molar-refractivity contribution in [2.75, 3.05) is 0 Å². The zero-order valence-corrected chi connectivity index (χ0v) is 12.9. The number of aryl methyl sites for hydroxylation is 1. The first-order chi connectivity index (χ1) is 11.0. The van der Waals surface area contributed by atoms with Crippen LogP contribution in [0.5, 0.6) is 0 Å². The fraction of sp³-hybridized carbons (Fsp3) is 0.235. The first kappa shape index (κ1) is 15.3. The Bertz CT molecular complexity index is 812. The first-order valence-electron chi connectivity index (χ1n) is 7.34. The van der Waals surface area contributed by atoms with Gasteiger partial charge in [0.2, 0.25) is 0 Å². The summed E-state index contributed by atoms with van der Waals surface area (Å²) in [6.07, 6.45) is 1.67. The molecule has 3 rings (SSSR count). The average molecular weight is 312 g/mol. The van der Waals surface area contributed by atoms with E-state index >= 15 is 0 Å². The van der Waals surface area contributed by atoms with Crippen molar-refractivity contribution >= 4 is 0 Å². The molecule has 0 bridgehead atoms. The second-order valence-corrected chi connectivity index (χ2v) is 5.47. The molecule has 1 N–H and O–H groups in total. The summed E-state index contributed by atoms with van der Waals surface area (Å²) in [4.78, 5) is 8.89. The van der Waals surface area contributed by atoms with E-state index < -0.39 is 6.10 Å². The molecule has 0 fully saturated rings. The highest BCUT2D eigenvalue weighted by Gasteiger charge is 2.10. The van der Waals surface area contributed by atoms with Crippen LogP contribution in [0.1, 0.15) is 35.7 Å². The summed E-state index contributed by atoms with van der Waals surface area (Å²) in [6, 6.07) is 9.99. The minimum Gasteiger partial charge on any atom is -0.387 e. The van der Waals surface area contributed by atoms with Gasteiger partial charge in [0.15, 0.2) is 0 Å². The van der Waals surface area contributed by atoms with Gasteiger partial charge in [0.1, 0.15) is 5.82 Å². The Morgan fingerprint density at radius 1 is 1.17 bits per heavy atom. The van der Waals surface area contributed by atoms with Crippen LogP contribution in [0.15, 0.2) is 42.6 Å². The number of aromatic nitrogens is 4. The third-order valence-electron chi connectivity index (χ3n) is 3.44. The Labute approximate surface area is 133 Å². The van der Waals surface area contributed by atoms with Gasteiger partial charge in [-0.1, -0.05) is 12.1 Å². The number of benzene rings is 1. The molecule has 118 valence electrons. The van der Waals surface area contributed by atoms with Crippen LogP contribution in [-0.4, -0.2) is 24.9 Å². The fourth-order valence-corrected chi connectivity index (χ4v) is 2.29. The summed E-state index contributed by atoms with van der Waals surface area (Å²) in [7, 11) is 0. The SMILES string of the molecule is Cc1cc(Cc2ccc(F)cc2)nc(-n2ccc(C(C)O)n2)n1. The molecule has 1 unspecified atom stereocenters. The van der Waals surface area contributed by atoms with E-state index in [0.717, 1.165) is 17.0 Å². The predicted molar refractivity (Wildman–Crippen MR) is 83.7 cm³/mol. The van der Waals surface area contributed by atoms with Crippen molar-refractivity contribution in [1.29, 1.82) is 0 Å². The van der Waals surface area contributed by atoms with Crippen molar-refractivity contribution in [3.63, 3.8) is 0 Å². The molecule has 2 heterocycles. The number of aliphatic hydroxyl groups excluding tert-OH is 1. The van der Waals surface area contributed by atoms with Crippen LogP contribution in [-0.2, 0) is 6.42 Å². The lowest BCUT2D eigenvalue weighted by molar-refractivity contribution is 0.193. The number of hydrogen-bond acceptors (Lipinski definition) is 4. The molecule has 0 radical (unpaired) electrons. The van der Waals surface area contributed by atoms with Crippen molar-refractivity contribution in [2.45, 2.75) is 26.4 Å². The summed E-state index contributed by atoms with van der Waals surface area (Å²) in [5.41, 5.74) is 3.19. The van der Waals surface area contributed by atoms with Gasteiger partial charge < -0.3 is 5.11 Å². The first-order valence-corrected chi connectivity index (χ1v) is 7.34. The molecule has 23 heavy (non-hydrogen) atoms. The third-order valence-corrected chi connectivity index (χ3v) is 3.44. The lowest BCUT2D eigenvalue weighted by Crippen LogP contribution is -2.07. The Hall–Kier alpha value is -2.60. The summed E-state index contributed by atoms with van der Waals surface area (Å²) in [5, 5.41) is 13.8. The maximum atomic E-state index is 13.0. The maximum Gasteiger partial charge on any atom is 0.250 e. The maximum absolute atomic E-state index is 13.0. The molecule has 3 aromatic rings. The van der Waals surface area contributed by atoms with Crippen LogP contribution in [0.3, 0.4) is 0 Å². The zero-order chi connectivity index (χ0) is 16.4. The smallest absolute Gasteiger partial charge is 0.250 e. The molecule has 6 heteroatoms. The van der Waals surface area contributed by atoms with Crippen LogP contribution >= 0.6 is 0 Å². The number of nitrogens with zero attached hydrogens (tertiary/aromatic N) is 4. The monoisotopic (exact) mass is 312 g/mol. The van der Waals surface area contributed by atoms with Crippen LogP contribution in [0.2, 0.25) is 0 Å². The molecule has 0 spiro atoms. The Morgan fingerprint density at radius 3 is 2.57 bits per heavy atom. The predicted octanol–water partition coefficient (Wildman–Crippen LogP) is 2.75. The van der Waals surface area contributed by atoms with Crippen molar-refractivity contribution in [3.05, 3.63) is 71.1 Å². The van der Waals surface area contributed by atoms with E-state index in [9.17, 15) is 9.50 Å². The van der Waals surface area contributed by atoms with Crippen LogP contribution in [0, 0.1) is 12.7 Å². The molecule has 0 amide bonds. The van der Waals surface area contributed by atoms with E-state index in [2.05, 4.69) is 15.1 Å². The van der Waals surface area contributed by atoms with Crippen molar-refractivity contribution in [2.24, 2.45) is 0 Å². The number of halogens is 1. The fourth-order valence-electron chi connectivity index (χ4n) is 2.29. The van der Waals surface area contributed by atoms with Gasteiger partial charge in [0.05, 0.1) is 17.5 Å². The summed E-state index contributed by atoms with van der Waals surface area (Å²) in [5.74, 6) is 0.199. The number of hydrogen-bond donors (Lipinski definition) is 1. The van der Waals surface area contributed by atoms with E-state index in [-0.39, 0.29) is 5.82 Å². The summed E-state index contributed by atoms with van der Waals surface area (Å²) in [6.45, 7) is 3.54. The Kier molecular flexibility index (Phi) is 4.16. The third kappa shape index (κ3) is 3.60. The standard InChI is InChI=1S/C17H17FN4O/c1-11-9-15(10-13-3-5-14(18)6-4-13)20-17(19-11)22-8-7-16(21-22)12(2)23/h3-9,12,23H,10H2,1-2H3. The number of aliphatic hydroxyl groups is 1. The van der Waals surface area contributed by atoms with Crippen molar-refractivity contribution in [1.82, 2.24) is 19.7 Å². The van der Waals surface area contributed by atoms with E-state index in [4.69, 9.17) is 0 Å². The van der Waals surface area contributed by atoms with E-state index in [1.807, 2.05) is 13.0 Å². The van der Waals surface area contributed by atoms with Gasteiger partial charge in [-0.25, -0.2) is 19.0 Å². The lowest BCUT2D eigenvalue weighted by Gasteiger charge is -2.06. The summed E-state index contributed by atoms with van der Waals surface area (Å²) >= 11 is 0. The van der Waals surface area contributed by atoms with Crippen molar-refractivity contribution in [3.8, 4) is 5.95 Å². The van der Waals surface area contributed by atoms with Gasteiger partial charge >= 0.3 is 0 Å². The molecular weight excluding hydrogens is 295 g/mol. The minimum atomic E-state index is -0.639. The minimum absolute atomic E-state index is 0.254. The van der Waals surface area contributed by atoms with Gasteiger partial charge in [0, 0.05) is 18.3 Å².